The van der Waals surface area contributed by atoms with E-state index in [2.05, 4.69) is 57.8 Å². The van der Waals surface area contributed by atoms with E-state index in [0.717, 1.165) is 23.9 Å². The minimum atomic E-state index is -1.26. The number of benzene rings is 1. The molecule has 0 spiro atoms. The number of rotatable bonds is 5. The lowest BCUT2D eigenvalue weighted by Crippen LogP contribution is -1.99. The molecule has 0 saturated heterocycles. The van der Waals surface area contributed by atoms with Gasteiger partial charge in [-0.2, -0.15) is 5.10 Å². The third kappa shape index (κ3) is 6.51. The number of halogens is 1. The van der Waals surface area contributed by atoms with Gasteiger partial charge in [-0.25, -0.2) is 9.59 Å². The Labute approximate surface area is 148 Å². The standard InChI is InChI=1S/C12H15BrN2.C4H4O4.H3N/c1-3-7-15-12-8-9(13)5-6-10(12)11(4-2)14-15;5-3(6)1-2-4(7)8;/h5-6,8H,3-4,7H2,1-2H3;1-2H,(H,5,6)(H,7,8);1H3. The number of aliphatic carboxylic acids is 2. The van der Waals surface area contributed by atoms with Gasteiger partial charge in [-0.1, -0.05) is 29.8 Å². The van der Waals surface area contributed by atoms with Gasteiger partial charge < -0.3 is 16.4 Å². The van der Waals surface area contributed by atoms with Gasteiger partial charge in [0.05, 0.1) is 11.2 Å². The Morgan fingerprint density at radius 2 is 1.79 bits per heavy atom. The molecule has 2 aromatic rings. The number of carboxylic acids is 2. The van der Waals surface area contributed by atoms with Crippen LogP contribution >= 0.6 is 15.9 Å². The molecule has 5 N–H and O–H groups in total. The highest BCUT2D eigenvalue weighted by atomic mass is 79.9. The largest absolute Gasteiger partial charge is 0.478 e. The summed E-state index contributed by atoms with van der Waals surface area (Å²) in [6.45, 7) is 5.32. The van der Waals surface area contributed by atoms with Crippen LogP contribution in [0.15, 0.2) is 34.8 Å². The second-order valence-electron chi connectivity index (χ2n) is 4.69. The van der Waals surface area contributed by atoms with Crippen molar-refractivity contribution in [2.24, 2.45) is 0 Å². The molecule has 1 heterocycles. The molecule has 0 amide bonds. The zero-order valence-electron chi connectivity index (χ0n) is 13.7. The monoisotopic (exact) mass is 399 g/mol. The van der Waals surface area contributed by atoms with Crippen LogP contribution in [0.25, 0.3) is 10.9 Å². The van der Waals surface area contributed by atoms with Crippen molar-refractivity contribution in [3.8, 4) is 0 Å². The summed E-state index contributed by atoms with van der Waals surface area (Å²) in [6.07, 6.45) is 3.23. The van der Waals surface area contributed by atoms with E-state index in [1.54, 1.807) is 0 Å². The van der Waals surface area contributed by atoms with Crippen molar-refractivity contribution in [3.05, 3.63) is 40.5 Å². The van der Waals surface area contributed by atoms with Gasteiger partial charge in [0.15, 0.2) is 0 Å². The van der Waals surface area contributed by atoms with E-state index >= 15 is 0 Å². The molecule has 2 rings (SSSR count). The lowest BCUT2D eigenvalue weighted by Gasteiger charge is -2.00. The molecule has 0 atom stereocenters. The number of aryl methyl sites for hydroxylation is 2. The summed E-state index contributed by atoms with van der Waals surface area (Å²) < 4.78 is 3.23. The molecule has 0 aliphatic heterocycles. The van der Waals surface area contributed by atoms with Crippen LogP contribution in [0, 0.1) is 0 Å². The summed E-state index contributed by atoms with van der Waals surface area (Å²) in [4.78, 5) is 19.1. The molecule has 24 heavy (non-hydrogen) atoms. The Kier molecular flexibility index (Phi) is 9.60. The second kappa shape index (κ2) is 10.6. The Balaban J connectivity index is 0.000000510. The first-order valence-electron chi connectivity index (χ1n) is 7.17. The Morgan fingerprint density at radius 1 is 1.21 bits per heavy atom. The molecule has 0 saturated carbocycles. The molecule has 7 nitrogen and oxygen atoms in total. The SMILES string of the molecule is CCCn1nc(CC)c2ccc(Br)cc21.N.O=C(O)C=CC(=O)O. The van der Waals surface area contributed by atoms with E-state index in [4.69, 9.17) is 10.2 Å². The van der Waals surface area contributed by atoms with E-state index in [0.29, 0.717) is 12.2 Å². The third-order valence-corrected chi connectivity index (χ3v) is 3.42. The maximum atomic E-state index is 9.55. The van der Waals surface area contributed by atoms with Crippen LogP contribution in [0.4, 0.5) is 0 Å². The summed E-state index contributed by atoms with van der Waals surface area (Å²) >= 11 is 3.51. The highest BCUT2D eigenvalue weighted by molar-refractivity contribution is 9.10. The van der Waals surface area contributed by atoms with Crippen molar-refractivity contribution in [2.45, 2.75) is 33.2 Å². The molecule has 1 aromatic carbocycles. The van der Waals surface area contributed by atoms with Gasteiger partial charge >= 0.3 is 11.9 Å². The van der Waals surface area contributed by atoms with Crippen LogP contribution in [-0.2, 0) is 22.6 Å². The van der Waals surface area contributed by atoms with Gasteiger partial charge in [-0.05, 0) is 31.0 Å². The summed E-state index contributed by atoms with van der Waals surface area (Å²) in [5, 5.41) is 21.5. The maximum Gasteiger partial charge on any atom is 0.328 e. The number of nitrogens with zero attached hydrogens (tertiary/aromatic N) is 2. The van der Waals surface area contributed by atoms with Crippen LogP contribution in [0.1, 0.15) is 26.0 Å². The fraction of sp³-hybridized carbons (Fsp3) is 0.312. The van der Waals surface area contributed by atoms with Crippen molar-refractivity contribution < 1.29 is 19.8 Å². The van der Waals surface area contributed by atoms with E-state index < -0.39 is 11.9 Å². The van der Waals surface area contributed by atoms with Crippen LogP contribution in [0.3, 0.4) is 0 Å². The van der Waals surface area contributed by atoms with Crippen LogP contribution in [0.2, 0.25) is 0 Å². The molecule has 1 aromatic heterocycles. The van der Waals surface area contributed by atoms with Gasteiger partial charge in [-0.3, -0.25) is 4.68 Å². The van der Waals surface area contributed by atoms with E-state index in [1.165, 1.54) is 16.6 Å². The first-order chi connectivity index (χ1) is 10.9. The van der Waals surface area contributed by atoms with Crippen molar-refractivity contribution in [1.82, 2.24) is 15.9 Å². The lowest BCUT2D eigenvalue weighted by molar-refractivity contribution is -0.134. The third-order valence-electron chi connectivity index (χ3n) is 2.93. The average molecular weight is 400 g/mol. The van der Waals surface area contributed by atoms with E-state index in [1.807, 2.05) is 0 Å². The summed E-state index contributed by atoms with van der Waals surface area (Å²) in [6, 6.07) is 6.38. The quantitative estimate of drug-likeness (QED) is 0.658. The number of fused-ring (bicyclic) bond motifs is 1. The summed E-state index contributed by atoms with van der Waals surface area (Å²) in [5.74, 6) is -2.51. The number of hydrogen-bond acceptors (Lipinski definition) is 4. The number of carboxylic acid groups (broad SMARTS) is 2. The Bertz CT molecular complexity index is 709. The van der Waals surface area contributed by atoms with Crippen LogP contribution < -0.4 is 6.15 Å². The van der Waals surface area contributed by atoms with Gasteiger partial charge in [0.25, 0.3) is 0 Å². The zero-order chi connectivity index (χ0) is 17.4. The predicted molar refractivity (Wildman–Crippen MR) is 96.5 cm³/mol. The molecule has 8 heteroatoms. The van der Waals surface area contributed by atoms with Crippen LogP contribution in [0.5, 0.6) is 0 Å². The molecule has 0 aliphatic carbocycles. The molecular formula is C16H22BrN3O4. The first-order valence-corrected chi connectivity index (χ1v) is 7.97. The Hall–Kier alpha value is -2.19. The smallest absolute Gasteiger partial charge is 0.328 e. The number of aromatic nitrogens is 2. The highest BCUT2D eigenvalue weighted by Gasteiger charge is 2.08. The molecule has 132 valence electrons. The maximum absolute atomic E-state index is 9.55. The van der Waals surface area contributed by atoms with Gasteiger partial charge in [0, 0.05) is 28.6 Å². The predicted octanol–water partition coefficient (Wildman–Crippen LogP) is 3.64. The normalized spacial score (nSPS) is 10.1. The number of hydrogen-bond donors (Lipinski definition) is 3. The van der Waals surface area contributed by atoms with Crippen molar-refractivity contribution in [1.29, 1.82) is 0 Å². The number of carbonyl (C=O) groups is 2. The first kappa shape index (κ1) is 21.8. The minimum absolute atomic E-state index is 0. The molecule has 0 fully saturated rings. The second-order valence-corrected chi connectivity index (χ2v) is 5.61. The molecule has 0 bridgehead atoms. The minimum Gasteiger partial charge on any atom is -0.478 e. The van der Waals surface area contributed by atoms with Gasteiger partial charge in [0.2, 0.25) is 0 Å². The molecule has 0 unspecified atom stereocenters. The fourth-order valence-corrected chi connectivity index (χ4v) is 2.35. The van der Waals surface area contributed by atoms with Crippen molar-refractivity contribution >= 4 is 38.8 Å². The van der Waals surface area contributed by atoms with E-state index in [9.17, 15) is 9.59 Å². The average Bonchev–Trinajstić information content (AvgIpc) is 2.83. The van der Waals surface area contributed by atoms with Crippen molar-refractivity contribution in [2.75, 3.05) is 0 Å². The summed E-state index contributed by atoms with van der Waals surface area (Å²) in [5.41, 5.74) is 2.44. The fourth-order valence-electron chi connectivity index (χ4n) is 2.00. The van der Waals surface area contributed by atoms with E-state index in [-0.39, 0.29) is 6.15 Å². The van der Waals surface area contributed by atoms with Gasteiger partial charge in [-0.15, -0.1) is 0 Å². The zero-order valence-corrected chi connectivity index (χ0v) is 15.3. The highest BCUT2D eigenvalue weighted by Crippen LogP contribution is 2.23. The molecule has 0 aliphatic rings. The lowest BCUT2D eigenvalue weighted by atomic mass is 10.2. The summed E-state index contributed by atoms with van der Waals surface area (Å²) in [7, 11) is 0. The molecular weight excluding hydrogens is 378 g/mol. The Morgan fingerprint density at radius 3 is 2.25 bits per heavy atom. The molecule has 0 radical (unpaired) electrons. The van der Waals surface area contributed by atoms with Crippen LogP contribution in [-0.4, -0.2) is 31.9 Å². The topological polar surface area (TPSA) is 127 Å². The van der Waals surface area contributed by atoms with Gasteiger partial charge in [0.1, 0.15) is 0 Å². The van der Waals surface area contributed by atoms with Crippen molar-refractivity contribution in [3.63, 3.8) is 0 Å².